The zero-order valence-electron chi connectivity index (χ0n) is 12.9. The standard InChI is InChI=1S/C16H20O5/c1-9(2)11-7-12(10(3)6-15(11)20-4)13(17)8-14(18)16(19)21-5/h6-9,17H,1-5H3/b13-8-. The molecule has 0 radical (unpaired) electrons. The number of carbonyl (C=O) groups excluding carboxylic acids is 2. The minimum absolute atomic E-state index is 0.184. The molecule has 1 aromatic rings. The van der Waals surface area contributed by atoms with Gasteiger partial charge in [-0.25, -0.2) is 4.79 Å². The Bertz CT molecular complexity index is 585. The number of aliphatic hydroxyl groups excluding tert-OH is 1. The summed E-state index contributed by atoms with van der Waals surface area (Å²) >= 11 is 0. The first kappa shape index (κ1) is 16.8. The van der Waals surface area contributed by atoms with Crippen molar-refractivity contribution in [2.24, 2.45) is 0 Å². The van der Waals surface area contributed by atoms with Crippen LogP contribution in [0.25, 0.3) is 5.76 Å². The van der Waals surface area contributed by atoms with Crippen molar-refractivity contribution < 1.29 is 24.2 Å². The van der Waals surface area contributed by atoms with Gasteiger partial charge in [-0.1, -0.05) is 13.8 Å². The predicted octanol–water partition coefficient (Wildman–Crippen LogP) is 2.77. The molecule has 114 valence electrons. The number of aryl methyl sites for hydroxylation is 1. The molecule has 5 heteroatoms. The maximum atomic E-state index is 11.5. The fraction of sp³-hybridized carbons (Fsp3) is 0.375. The predicted molar refractivity (Wildman–Crippen MR) is 79.4 cm³/mol. The third-order valence-corrected chi connectivity index (χ3v) is 3.13. The van der Waals surface area contributed by atoms with Gasteiger partial charge in [0.1, 0.15) is 11.5 Å². The first-order valence-electron chi connectivity index (χ1n) is 6.53. The fourth-order valence-corrected chi connectivity index (χ4v) is 1.96. The van der Waals surface area contributed by atoms with Gasteiger partial charge in [0, 0.05) is 11.6 Å². The maximum absolute atomic E-state index is 11.5. The van der Waals surface area contributed by atoms with Crippen LogP contribution in [0.2, 0.25) is 0 Å². The van der Waals surface area contributed by atoms with E-state index >= 15 is 0 Å². The van der Waals surface area contributed by atoms with E-state index in [1.54, 1.807) is 26.2 Å². The highest BCUT2D eigenvalue weighted by Crippen LogP contribution is 2.31. The molecule has 0 saturated heterocycles. The van der Waals surface area contributed by atoms with E-state index in [2.05, 4.69) is 4.74 Å². The zero-order valence-corrected chi connectivity index (χ0v) is 12.9. The Balaban J connectivity index is 3.30. The molecule has 0 aliphatic rings. The van der Waals surface area contributed by atoms with E-state index in [1.165, 1.54) is 0 Å². The van der Waals surface area contributed by atoms with Gasteiger partial charge in [0.05, 0.1) is 14.2 Å². The van der Waals surface area contributed by atoms with Crippen LogP contribution in [0.5, 0.6) is 5.75 Å². The number of carbonyl (C=O) groups is 2. The summed E-state index contributed by atoms with van der Waals surface area (Å²) < 4.78 is 9.63. The van der Waals surface area contributed by atoms with Crippen LogP contribution in [-0.2, 0) is 14.3 Å². The molecule has 0 amide bonds. The molecule has 1 rings (SSSR count). The summed E-state index contributed by atoms with van der Waals surface area (Å²) in [5.74, 6) is -1.29. The average molecular weight is 292 g/mol. The second-order valence-corrected chi connectivity index (χ2v) is 4.95. The second-order valence-electron chi connectivity index (χ2n) is 4.95. The molecule has 1 aromatic carbocycles. The van der Waals surface area contributed by atoms with Crippen molar-refractivity contribution in [3.05, 3.63) is 34.9 Å². The zero-order chi connectivity index (χ0) is 16.2. The van der Waals surface area contributed by atoms with E-state index in [1.807, 2.05) is 13.8 Å². The lowest BCUT2D eigenvalue weighted by Crippen LogP contribution is -2.13. The summed E-state index contributed by atoms with van der Waals surface area (Å²) in [6, 6.07) is 3.55. The van der Waals surface area contributed by atoms with Gasteiger partial charge in [-0.3, -0.25) is 4.79 Å². The van der Waals surface area contributed by atoms with Crippen LogP contribution in [0, 0.1) is 6.92 Å². The number of rotatable bonds is 5. The van der Waals surface area contributed by atoms with Gasteiger partial charge in [0.2, 0.25) is 0 Å². The summed E-state index contributed by atoms with van der Waals surface area (Å²) in [6.07, 6.45) is 0.866. The van der Waals surface area contributed by atoms with E-state index in [9.17, 15) is 14.7 Å². The minimum atomic E-state index is -1.02. The Morgan fingerprint density at radius 2 is 1.86 bits per heavy atom. The first-order valence-corrected chi connectivity index (χ1v) is 6.53. The summed E-state index contributed by atoms with van der Waals surface area (Å²) in [5, 5.41) is 10.1. The van der Waals surface area contributed by atoms with Crippen molar-refractivity contribution in [3.8, 4) is 5.75 Å². The molecule has 0 heterocycles. The van der Waals surface area contributed by atoms with Gasteiger partial charge in [-0.2, -0.15) is 0 Å². The molecule has 0 unspecified atom stereocenters. The number of esters is 1. The van der Waals surface area contributed by atoms with E-state index in [4.69, 9.17) is 4.74 Å². The number of ether oxygens (including phenoxy) is 2. The number of hydrogen-bond donors (Lipinski definition) is 1. The molecule has 1 N–H and O–H groups in total. The number of methoxy groups -OCH3 is 2. The Morgan fingerprint density at radius 3 is 2.33 bits per heavy atom. The molecular formula is C16H20O5. The smallest absolute Gasteiger partial charge is 0.378 e. The number of aliphatic hydroxyl groups is 1. The van der Waals surface area contributed by atoms with Gasteiger partial charge < -0.3 is 14.6 Å². The first-order chi connectivity index (χ1) is 9.81. The summed E-state index contributed by atoms with van der Waals surface area (Å²) in [7, 11) is 2.69. The SMILES string of the molecule is COC(=O)C(=O)/C=C(\O)c1cc(C(C)C)c(OC)cc1C. The Kier molecular flexibility index (Phi) is 5.52. The van der Waals surface area contributed by atoms with Crippen molar-refractivity contribution in [1.29, 1.82) is 0 Å². The topological polar surface area (TPSA) is 72.8 Å². The number of benzene rings is 1. The van der Waals surface area contributed by atoms with Crippen molar-refractivity contribution in [2.45, 2.75) is 26.7 Å². The van der Waals surface area contributed by atoms with Crippen LogP contribution < -0.4 is 4.74 Å². The summed E-state index contributed by atoms with van der Waals surface area (Å²) in [6.45, 7) is 5.78. The monoisotopic (exact) mass is 292 g/mol. The quantitative estimate of drug-likeness (QED) is 0.391. The Morgan fingerprint density at radius 1 is 1.24 bits per heavy atom. The van der Waals surface area contributed by atoms with Gasteiger partial charge >= 0.3 is 5.97 Å². The highest BCUT2D eigenvalue weighted by atomic mass is 16.5. The highest BCUT2D eigenvalue weighted by molar-refractivity contribution is 6.39. The van der Waals surface area contributed by atoms with E-state index in [0.717, 1.165) is 30.1 Å². The normalized spacial score (nSPS) is 11.4. The lowest BCUT2D eigenvalue weighted by atomic mass is 9.95. The molecule has 0 aliphatic heterocycles. The molecule has 0 bridgehead atoms. The Labute approximate surface area is 124 Å². The molecule has 0 atom stereocenters. The summed E-state index contributed by atoms with van der Waals surface area (Å²) in [4.78, 5) is 22.6. The van der Waals surface area contributed by atoms with Crippen LogP contribution in [0.4, 0.5) is 0 Å². The second kappa shape index (κ2) is 6.92. The van der Waals surface area contributed by atoms with Crippen molar-refractivity contribution in [1.82, 2.24) is 0 Å². The molecule has 0 saturated carbocycles. The van der Waals surface area contributed by atoms with Crippen molar-refractivity contribution >= 4 is 17.5 Å². The van der Waals surface area contributed by atoms with Crippen LogP contribution in [0.1, 0.15) is 36.5 Å². The third kappa shape index (κ3) is 3.84. The third-order valence-electron chi connectivity index (χ3n) is 3.13. The molecule has 21 heavy (non-hydrogen) atoms. The summed E-state index contributed by atoms with van der Waals surface area (Å²) in [5.41, 5.74) is 2.13. The maximum Gasteiger partial charge on any atom is 0.378 e. The van der Waals surface area contributed by atoms with Gasteiger partial charge in [0.15, 0.2) is 0 Å². The van der Waals surface area contributed by atoms with E-state index < -0.39 is 11.8 Å². The Hall–Kier alpha value is -2.30. The highest BCUT2D eigenvalue weighted by Gasteiger charge is 2.16. The molecular weight excluding hydrogens is 272 g/mol. The van der Waals surface area contributed by atoms with Crippen LogP contribution in [0.3, 0.4) is 0 Å². The van der Waals surface area contributed by atoms with E-state index in [0.29, 0.717) is 5.56 Å². The van der Waals surface area contributed by atoms with Crippen molar-refractivity contribution in [3.63, 3.8) is 0 Å². The van der Waals surface area contributed by atoms with Gasteiger partial charge in [0.25, 0.3) is 5.78 Å². The molecule has 5 nitrogen and oxygen atoms in total. The molecule has 0 spiro atoms. The minimum Gasteiger partial charge on any atom is -0.507 e. The number of ketones is 1. The lowest BCUT2D eigenvalue weighted by molar-refractivity contribution is -0.149. The molecule has 0 aliphatic carbocycles. The van der Waals surface area contributed by atoms with Crippen molar-refractivity contribution in [2.75, 3.05) is 14.2 Å². The number of hydrogen-bond acceptors (Lipinski definition) is 5. The van der Waals surface area contributed by atoms with E-state index in [-0.39, 0.29) is 11.7 Å². The van der Waals surface area contributed by atoms with Crippen LogP contribution in [-0.4, -0.2) is 31.1 Å². The average Bonchev–Trinajstić information content (AvgIpc) is 2.45. The lowest BCUT2D eigenvalue weighted by Gasteiger charge is -2.15. The van der Waals surface area contributed by atoms with Gasteiger partial charge in [-0.05, 0) is 36.1 Å². The molecule has 0 fully saturated rings. The molecule has 0 aromatic heterocycles. The fourth-order valence-electron chi connectivity index (χ4n) is 1.96. The van der Waals surface area contributed by atoms with Crippen LogP contribution in [0.15, 0.2) is 18.2 Å². The van der Waals surface area contributed by atoms with Gasteiger partial charge in [-0.15, -0.1) is 0 Å². The largest absolute Gasteiger partial charge is 0.507 e. The van der Waals surface area contributed by atoms with Crippen LogP contribution >= 0.6 is 0 Å².